The number of Topliss-reactive ketones (excluding diaryl/α,β-unsaturated/α-hetero) is 2. The first-order valence-corrected chi connectivity index (χ1v) is 15.8. The van der Waals surface area contributed by atoms with E-state index >= 15 is 0 Å². The molecule has 1 aliphatic carbocycles. The average Bonchev–Trinajstić information content (AvgIpc) is 3.65. The van der Waals surface area contributed by atoms with Crippen molar-refractivity contribution in [3.63, 3.8) is 0 Å². The molecule has 1 aliphatic heterocycles. The van der Waals surface area contributed by atoms with Crippen molar-refractivity contribution in [3.8, 4) is 5.75 Å². The normalized spacial score (nSPS) is 20.3. The Labute approximate surface area is 265 Å². The highest BCUT2D eigenvalue weighted by molar-refractivity contribution is 6.37. The van der Waals surface area contributed by atoms with Crippen LogP contribution in [0.25, 0.3) is 0 Å². The molecule has 0 bridgehead atoms. The number of phenols is 1. The number of phenolic OH excluding ortho intramolecular Hbond substituents is 1. The number of rotatable bonds is 13. The third-order valence-corrected chi connectivity index (χ3v) is 8.80. The van der Waals surface area contributed by atoms with E-state index in [2.05, 4.69) is 16.0 Å². The van der Waals surface area contributed by atoms with Crippen LogP contribution in [0, 0.1) is 29.1 Å². The summed E-state index contributed by atoms with van der Waals surface area (Å²) >= 11 is 0. The SMILES string of the molecule is CC(C)[C@@H]1C[C@@H](C(=O)NC(CC2CC2)C(=O)C(N)=O)N(C(=O)[C@@H](NC(=O)N[C@H](C(=O)c2ccccc2O)C(C)C)C(C)(C)C)C1. The maximum atomic E-state index is 14.2. The van der Waals surface area contributed by atoms with E-state index in [1.807, 2.05) is 13.8 Å². The van der Waals surface area contributed by atoms with Gasteiger partial charge >= 0.3 is 6.03 Å². The molecule has 1 saturated carbocycles. The van der Waals surface area contributed by atoms with Crippen molar-refractivity contribution in [2.75, 3.05) is 6.54 Å². The first-order valence-electron chi connectivity index (χ1n) is 15.8. The number of hydrogen-bond acceptors (Lipinski definition) is 7. The predicted molar refractivity (Wildman–Crippen MR) is 168 cm³/mol. The zero-order valence-corrected chi connectivity index (χ0v) is 27.4. The van der Waals surface area contributed by atoms with Crippen LogP contribution in [0.3, 0.4) is 0 Å². The maximum absolute atomic E-state index is 14.2. The average molecular weight is 628 g/mol. The van der Waals surface area contributed by atoms with Gasteiger partial charge in [0.15, 0.2) is 5.78 Å². The number of urea groups is 1. The lowest BCUT2D eigenvalue weighted by Crippen LogP contribution is -2.61. The number of amides is 5. The van der Waals surface area contributed by atoms with Gasteiger partial charge in [-0.25, -0.2) is 4.79 Å². The molecule has 1 aromatic rings. The fraction of sp³-hybridized carbons (Fsp3) is 0.636. The van der Waals surface area contributed by atoms with Crippen LogP contribution in [0.15, 0.2) is 24.3 Å². The first-order chi connectivity index (χ1) is 20.9. The molecule has 0 radical (unpaired) electrons. The van der Waals surface area contributed by atoms with Gasteiger partial charge in [0.25, 0.3) is 5.91 Å². The highest BCUT2D eigenvalue weighted by Gasteiger charge is 2.46. The minimum Gasteiger partial charge on any atom is -0.507 e. The second kappa shape index (κ2) is 14.4. The third-order valence-electron chi connectivity index (χ3n) is 8.80. The van der Waals surface area contributed by atoms with E-state index in [4.69, 9.17) is 5.73 Å². The van der Waals surface area contributed by atoms with Gasteiger partial charge in [-0.3, -0.25) is 24.0 Å². The van der Waals surface area contributed by atoms with Gasteiger partial charge in [0, 0.05) is 6.54 Å². The monoisotopic (exact) mass is 627 g/mol. The van der Waals surface area contributed by atoms with Gasteiger partial charge in [0.05, 0.1) is 17.6 Å². The highest BCUT2D eigenvalue weighted by Crippen LogP contribution is 2.35. The largest absolute Gasteiger partial charge is 0.507 e. The Bertz CT molecular complexity index is 1300. The molecular formula is C33H49N5O7. The Hall–Kier alpha value is -3.96. The highest BCUT2D eigenvalue weighted by atomic mass is 16.3. The van der Waals surface area contributed by atoms with Crippen LogP contribution < -0.4 is 21.7 Å². The molecule has 12 nitrogen and oxygen atoms in total. The minimum absolute atomic E-state index is 0.0191. The molecule has 5 amide bonds. The smallest absolute Gasteiger partial charge is 0.316 e. The molecule has 1 saturated heterocycles. The number of ketones is 2. The number of benzene rings is 1. The molecule has 3 rings (SSSR count). The zero-order valence-electron chi connectivity index (χ0n) is 27.4. The van der Waals surface area contributed by atoms with Gasteiger partial charge in [-0.1, -0.05) is 73.4 Å². The predicted octanol–water partition coefficient (Wildman–Crippen LogP) is 2.53. The number of primary amides is 1. The molecular weight excluding hydrogens is 578 g/mol. The fourth-order valence-electron chi connectivity index (χ4n) is 5.71. The zero-order chi connectivity index (χ0) is 33.8. The molecule has 45 heavy (non-hydrogen) atoms. The van der Waals surface area contributed by atoms with Crippen molar-refractivity contribution >= 4 is 35.3 Å². The molecule has 12 heteroatoms. The summed E-state index contributed by atoms with van der Waals surface area (Å²) in [4.78, 5) is 80.2. The summed E-state index contributed by atoms with van der Waals surface area (Å²) in [5, 5.41) is 18.3. The van der Waals surface area contributed by atoms with Crippen molar-refractivity contribution < 1.29 is 33.9 Å². The summed E-state index contributed by atoms with van der Waals surface area (Å²) in [6, 6.07) is 1.27. The van der Waals surface area contributed by atoms with E-state index in [9.17, 15) is 33.9 Å². The lowest BCUT2D eigenvalue weighted by molar-refractivity contribution is -0.143. The van der Waals surface area contributed by atoms with Crippen molar-refractivity contribution in [1.29, 1.82) is 0 Å². The lowest BCUT2D eigenvalue weighted by atomic mass is 9.85. The number of nitrogens with one attached hydrogen (secondary N) is 3. The van der Waals surface area contributed by atoms with Crippen molar-refractivity contribution in [2.45, 2.75) is 98.3 Å². The van der Waals surface area contributed by atoms with Crippen molar-refractivity contribution in [1.82, 2.24) is 20.9 Å². The quantitative estimate of drug-likeness (QED) is 0.164. The standard InChI is InChI=1S/C33H49N5O7/c1-17(2)20-15-23(30(43)35-22(14-19-12-13-19)27(41)29(34)42)38(16-20)31(44)28(33(5,6)7)37-32(45)36-25(18(3)4)26(40)21-10-8-9-11-24(21)39/h8-11,17-20,22-23,25,28,39H,12-16H2,1-7H3,(H2,34,42)(H,35,43)(H2,36,37,45)/t20-,22?,23+,25+,28-/m1/s1. The number of aromatic hydroxyl groups is 1. The number of para-hydroxylation sites is 1. The number of carbonyl (C=O) groups excluding carboxylic acids is 6. The van der Waals surface area contributed by atoms with Crippen LogP contribution in [0.2, 0.25) is 0 Å². The Kier molecular flexibility index (Phi) is 11.4. The van der Waals surface area contributed by atoms with Gasteiger partial charge in [0.1, 0.15) is 17.8 Å². The summed E-state index contributed by atoms with van der Waals surface area (Å²) in [6.07, 6.45) is 2.46. The van der Waals surface area contributed by atoms with Gasteiger partial charge in [-0.15, -0.1) is 0 Å². The van der Waals surface area contributed by atoms with E-state index in [1.54, 1.807) is 46.8 Å². The van der Waals surface area contributed by atoms with Crippen LogP contribution >= 0.6 is 0 Å². The molecule has 1 unspecified atom stereocenters. The summed E-state index contributed by atoms with van der Waals surface area (Å²) in [5.74, 6) is -3.67. The second-order valence-corrected chi connectivity index (χ2v) is 14.2. The van der Waals surface area contributed by atoms with Crippen LogP contribution in [-0.2, 0) is 19.2 Å². The third kappa shape index (κ3) is 9.04. The molecule has 0 aromatic heterocycles. The molecule has 6 N–H and O–H groups in total. The van der Waals surface area contributed by atoms with Gasteiger partial charge in [-0.2, -0.15) is 0 Å². The Morgan fingerprint density at radius 1 is 0.978 bits per heavy atom. The molecule has 5 atom stereocenters. The van der Waals surface area contributed by atoms with E-state index in [0.29, 0.717) is 12.8 Å². The van der Waals surface area contributed by atoms with Gasteiger partial charge in [-0.05, 0) is 54.1 Å². The number of nitrogens with zero attached hydrogens (tertiary/aromatic N) is 1. The molecule has 0 spiro atoms. The number of nitrogens with two attached hydrogens (primary N) is 1. The van der Waals surface area contributed by atoms with Crippen molar-refractivity contribution in [3.05, 3.63) is 29.8 Å². The second-order valence-electron chi connectivity index (χ2n) is 14.2. The molecule has 1 heterocycles. The minimum atomic E-state index is -1.12. The summed E-state index contributed by atoms with van der Waals surface area (Å²) in [6.45, 7) is 13.1. The Balaban J connectivity index is 1.83. The molecule has 2 fully saturated rings. The first kappa shape index (κ1) is 35.5. The van der Waals surface area contributed by atoms with Crippen LogP contribution in [0.5, 0.6) is 5.75 Å². The number of likely N-dealkylation sites (tertiary alicyclic amines) is 1. The lowest BCUT2D eigenvalue weighted by Gasteiger charge is -2.36. The van der Waals surface area contributed by atoms with E-state index in [0.717, 1.165) is 12.8 Å². The van der Waals surface area contributed by atoms with Gasteiger partial charge < -0.3 is 31.7 Å². The van der Waals surface area contributed by atoms with Gasteiger partial charge in [0.2, 0.25) is 17.6 Å². The topological polar surface area (TPSA) is 188 Å². The fourth-order valence-corrected chi connectivity index (χ4v) is 5.71. The summed E-state index contributed by atoms with van der Waals surface area (Å²) in [5.41, 5.74) is 4.54. The van der Waals surface area contributed by atoms with E-state index in [-0.39, 0.29) is 41.5 Å². The van der Waals surface area contributed by atoms with E-state index in [1.165, 1.54) is 17.0 Å². The van der Waals surface area contributed by atoms with Crippen LogP contribution in [0.4, 0.5) is 4.79 Å². The number of carbonyl (C=O) groups is 6. The number of hydrogen-bond donors (Lipinski definition) is 5. The van der Waals surface area contributed by atoms with Crippen molar-refractivity contribution in [2.24, 2.45) is 34.8 Å². The van der Waals surface area contributed by atoms with E-state index < -0.39 is 64.9 Å². The maximum Gasteiger partial charge on any atom is 0.316 e. The molecule has 248 valence electrons. The van der Waals surface area contributed by atoms with Crippen LogP contribution in [0.1, 0.15) is 84.5 Å². The molecule has 2 aliphatic rings. The Morgan fingerprint density at radius 2 is 1.60 bits per heavy atom. The molecule has 1 aromatic carbocycles. The van der Waals surface area contributed by atoms with Crippen LogP contribution in [-0.4, -0.2) is 76.0 Å². The summed E-state index contributed by atoms with van der Waals surface area (Å²) < 4.78 is 0. The Morgan fingerprint density at radius 3 is 2.11 bits per heavy atom. The summed E-state index contributed by atoms with van der Waals surface area (Å²) in [7, 11) is 0.